The molecule has 2 nitrogen and oxygen atoms in total. The van der Waals surface area contributed by atoms with Crippen molar-refractivity contribution in [2.75, 3.05) is 0 Å². The third-order valence-corrected chi connectivity index (χ3v) is 3.87. The van der Waals surface area contributed by atoms with Crippen LogP contribution >= 0.6 is 27.5 Å². The Balaban J connectivity index is 2.10. The summed E-state index contributed by atoms with van der Waals surface area (Å²) >= 11 is 9.40. The van der Waals surface area contributed by atoms with Crippen LogP contribution in [-0.2, 0) is 0 Å². The highest BCUT2D eigenvalue weighted by Gasteiger charge is 2.19. The second kappa shape index (κ2) is 5.20. The molecule has 0 bridgehead atoms. The second-order valence-corrected chi connectivity index (χ2v) is 5.70. The topological polar surface area (TPSA) is 33.4 Å². The highest BCUT2D eigenvalue weighted by Crippen LogP contribution is 2.34. The summed E-state index contributed by atoms with van der Waals surface area (Å²) in [6.45, 7) is 0. The van der Waals surface area contributed by atoms with Crippen molar-refractivity contribution >= 4 is 38.5 Å². The summed E-state index contributed by atoms with van der Waals surface area (Å²) in [4.78, 5) is 0. The maximum Gasteiger partial charge on any atom is 0.170 e. The van der Waals surface area contributed by atoms with Gasteiger partial charge in [0.15, 0.2) is 11.4 Å². The zero-order chi connectivity index (χ0) is 14.3. The Bertz CT molecular complexity index is 785. The van der Waals surface area contributed by atoms with Gasteiger partial charge in [-0.1, -0.05) is 39.7 Å². The Hall–Kier alpha value is -1.36. The molecule has 0 amide bonds. The number of benzene rings is 2. The number of halogens is 3. The number of rotatable bonds is 2. The first-order valence-corrected chi connectivity index (χ1v) is 7.04. The fourth-order valence-corrected chi connectivity index (χ4v) is 2.66. The Kier molecular flexibility index (Phi) is 3.54. The monoisotopic (exact) mass is 354 g/mol. The van der Waals surface area contributed by atoms with Crippen LogP contribution in [0.2, 0.25) is 5.02 Å². The molecule has 0 radical (unpaired) electrons. The van der Waals surface area contributed by atoms with Crippen LogP contribution in [0, 0.1) is 5.82 Å². The zero-order valence-corrected chi connectivity index (χ0v) is 12.5. The van der Waals surface area contributed by atoms with E-state index in [1.54, 1.807) is 36.4 Å². The van der Waals surface area contributed by atoms with Crippen molar-refractivity contribution in [1.82, 2.24) is 0 Å². The molecule has 20 heavy (non-hydrogen) atoms. The van der Waals surface area contributed by atoms with Crippen LogP contribution in [0.1, 0.15) is 17.4 Å². The first-order valence-electron chi connectivity index (χ1n) is 5.87. The van der Waals surface area contributed by atoms with Gasteiger partial charge in [-0.15, -0.1) is 0 Å². The molecule has 0 saturated heterocycles. The van der Waals surface area contributed by atoms with Crippen LogP contribution in [-0.4, -0.2) is 5.11 Å². The van der Waals surface area contributed by atoms with Gasteiger partial charge in [0.05, 0.1) is 0 Å². The minimum atomic E-state index is -1.05. The maximum absolute atomic E-state index is 13.6. The fourth-order valence-electron chi connectivity index (χ4n) is 2.06. The third kappa shape index (κ3) is 2.35. The highest BCUT2D eigenvalue weighted by atomic mass is 79.9. The summed E-state index contributed by atoms with van der Waals surface area (Å²) in [5, 5.41) is 11.4. The molecule has 3 aromatic rings. The average Bonchev–Trinajstić information content (AvgIpc) is 2.86. The summed E-state index contributed by atoms with van der Waals surface area (Å²) in [5.41, 5.74) is 0.633. The third-order valence-electron chi connectivity index (χ3n) is 3.04. The van der Waals surface area contributed by atoms with E-state index < -0.39 is 11.9 Å². The van der Waals surface area contributed by atoms with Crippen molar-refractivity contribution < 1.29 is 13.9 Å². The maximum atomic E-state index is 13.6. The van der Waals surface area contributed by atoms with Gasteiger partial charge >= 0.3 is 0 Å². The molecule has 1 unspecified atom stereocenters. The zero-order valence-electron chi connectivity index (χ0n) is 10.1. The first-order chi connectivity index (χ1) is 9.56. The van der Waals surface area contributed by atoms with E-state index in [9.17, 15) is 9.50 Å². The molecule has 0 fully saturated rings. The SMILES string of the molecule is OC(c1cc2cccc(F)c2o1)c1cc(Br)ccc1Cl. The van der Waals surface area contributed by atoms with Gasteiger partial charge in [0.25, 0.3) is 0 Å². The lowest BCUT2D eigenvalue weighted by molar-refractivity contribution is 0.192. The van der Waals surface area contributed by atoms with Gasteiger partial charge in [-0.25, -0.2) is 4.39 Å². The standard InChI is InChI=1S/C15H9BrClFO2/c16-9-4-5-11(17)10(7-9)14(19)13-6-8-2-1-3-12(18)15(8)20-13/h1-7,14,19H. The number of furan rings is 1. The highest BCUT2D eigenvalue weighted by molar-refractivity contribution is 9.10. The van der Waals surface area contributed by atoms with Crippen LogP contribution in [0.4, 0.5) is 4.39 Å². The average molecular weight is 356 g/mol. The van der Waals surface area contributed by atoms with Gasteiger partial charge in [-0.2, -0.15) is 0 Å². The Morgan fingerprint density at radius 1 is 1.20 bits per heavy atom. The van der Waals surface area contributed by atoms with Gasteiger partial charge in [0, 0.05) is 20.4 Å². The Labute approximate surface area is 127 Å². The first kappa shape index (κ1) is 13.6. The van der Waals surface area contributed by atoms with E-state index in [0.29, 0.717) is 16.0 Å². The molecule has 3 rings (SSSR count). The molecule has 5 heteroatoms. The predicted octanol–water partition coefficient (Wildman–Crippen LogP) is 5.07. The van der Waals surface area contributed by atoms with Gasteiger partial charge in [-0.05, 0) is 30.3 Å². The molecule has 102 valence electrons. The van der Waals surface area contributed by atoms with E-state index >= 15 is 0 Å². The minimum absolute atomic E-state index is 0.132. The van der Waals surface area contributed by atoms with Crippen molar-refractivity contribution in [3.8, 4) is 0 Å². The van der Waals surface area contributed by atoms with Crippen LogP contribution in [0.15, 0.2) is 51.4 Å². The summed E-state index contributed by atoms with van der Waals surface area (Å²) in [6, 6.07) is 11.4. The van der Waals surface area contributed by atoms with E-state index in [1.165, 1.54) is 6.07 Å². The molecule has 0 aliphatic heterocycles. The van der Waals surface area contributed by atoms with Crippen LogP contribution in [0.5, 0.6) is 0 Å². The molecular weight excluding hydrogens is 347 g/mol. The molecule has 1 aromatic heterocycles. The molecule has 0 aliphatic carbocycles. The molecule has 1 atom stereocenters. The Morgan fingerprint density at radius 3 is 2.75 bits per heavy atom. The quantitative estimate of drug-likeness (QED) is 0.696. The summed E-state index contributed by atoms with van der Waals surface area (Å²) in [7, 11) is 0. The van der Waals surface area contributed by atoms with E-state index in [0.717, 1.165) is 4.47 Å². The van der Waals surface area contributed by atoms with E-state index in [1.807, 2.05) is 0 Å². The number of aliphatic hydroxyl groups excluding tert-OH is 1. The number of para-hydroxylation sites is 1. The van der Waals surface area contributed by atoms with E-state index in [2.05, 4.69) is 15.9 Å². The molecular formula is C15H9BrClFO2. The largest absolute Gasteiger partial charge is 0.455 e. The van der Waals surface area contributed by atoms with Crippen LogP contribution < -0.4 is 0 Å². The second-order valence-electron chi connectivity index (χ2n) is 4.38. The minimum Gasteiger partial charge on any atom is -0.455 e. The lowest BCUT2D eigenvalue weighted by Crippen LogP contribution is -1.98. The number of hydrogen-bond acceptors (Lipinski definition) is 2. The molecule has 0 spiro atoms. The molecule has 0 aliphatic rings. The van der Waals surface area contributed by atoms with Crippen molar-refractivity contribution in [3.63, 3.8) is 0 Å². The van der Waals surface area contributed by atoms with Crippen molar-refractivity contribution in [2.24, 2.45) is 0 Å². The molecule has 2 aromatic carbocycles. The molecule has 0 saturated carbocycles. The van der Waals surface area contributed by atoms with E-state index in [-0.39, 0.29) is 11.3 Å². The number of fused-ring (bicyclic) bond motifs is 1. The van der Waals surface area contributed by atoms with Gasteiger partial charge in [-0.3, -0.25) is 0 Å². The Morgan fingerprint density at radius 2 is 2.00 bits per heavy atom. The van der Waals surface area contributed by atoms with Crippen molar-refractivity contribution in [3.05, 3.63) is 69.1 Å². The van der Waals surface area contributed by atoms with Crippen molar-refractivity contribution in [1.29, 1.82) is 0 Å². The fraction of sp³-hybridized carbons (Fsp3) is 0.0667. The van der Waals surface area contributed by atoms with Crippen LogP contribution in [0.25, 0.3) is 11.0 Å². The summed E-state index contributed by atoms with van der Waals surface area (Å²) in [6.07, 6.45) is -1.05. The van der Waals surface area contributed by atoms with Crippen LogP contribution in [0.3, 0.4) is 0 Å². The van der Waals surface area contributed by atoms with Crippen molar-refractivity contribution in [2.45, 2.75) is 6.10 Å². The summed E-state index contributed by atoms with van der Waals surface area (Å²) < 4.78 is 19.8. The smallest absolute Gasteiger partial charge is 0.170 e. The van der Waals surface area contributed by atoms with Gasteiger partial charge in [0.2, 0.25) is 0 Å². The normalized spacial score (nSPS) is 12.8. The molecule has 1 heterocycles. The van der Waals surface area contributed by atoms with Gasteiger partial charge in [0.1, 0.15) is 11.9 Å². The number of hydrogen-bond donors (Lipinski definition) is 1. The van der Waals surface area contributed by atoms with E-state index in [4.69, 9.17) is 16.0 Å². The molecule has 1 N–H and O–H groups in total. The lowest BCUT2D eigenvalue weighted by atomic mass is 10.1. The van der Waals surface area contributed by atoms with Gasteiger partial charge < -0.3 is 9.52 Å². The summed E-state index contributed by atoms with van der Waals surface area (Å²) in [5.74, 6) is -0.202. The lowest BCUT2D eigenvalue weighted by Gasteiger charge is -2.10. The predicted molar refractivity (Wildman–Crippen MR) is 79.4 cm³/mol. The number of aliphatic hydroxyl groups is 1.